The van der Waals surface area contributed by atoms with Gasteiger partial charge < -0.3 is 10.6 Å². The summed E-state index contributed by atoms with van der Waals surface area (Å²) in [6, 6.07) is 3.74. The van der Waals surface area contributed by atoms with E-state index in [0.29, 0.717) is 4.47 Å². The normalized spacial score (nSPS) is 11.1. The molecule has 0 saturated heterocycles. The summed E-state index contributed by atoms with van der Waals surface area (Å²) in [5.74, 6) is -1.49. The Balaban J connectivity index is 2.35. The summed E-state index contributed by atoms with van der Waals surface area (Å²) in [5, 5.41) is 4.97. The molecular formula is C14H18BrFN2O4S. The fourth-order valence-corrected chi connectivity index (χ4v) is 2.76. The summed E-state index contributed by atoms with van der Waals surface area (Å²) >= 11 is 3.15. The van der Waals surface area contributed by atoms with Gasteiger partial charge in [0.25, 0.3) is 5.91 Å². The van der Waals surface area contributed by atoms with Crippen molar-refractivity contribution in [2.75, 3.05) is 24.6 Å². The monoisotopic (exact) mass is 408 g/mol. The number of nitrogens with one attached hydrogen (secondary N) is 2. The first kappa shape index (κ1) is 19.6. The molecule has 0 fully saturated rings. The Bertz CT molecular complexity index is 679. The first-order valence-corrected chi connectivity index (χ1v) is 9.57. The Labute approximate surface area is 142 Å². The molecule has 2 amide bonds. The molecule has 1 aromatic carbocycles. The standard InChI is InChI=1S/C14H18BrFN2O4S/c1-2-23(21,22)8-7-17-13(19)5-6-18-14(20)11-9-10(16)3-4-12(11)15/h3-4,9H,2,5-8H2,1H3,(H,17,19)(H,18,20). The number of rotatable bonds is 8. The average Bonchev–Trinajstić information content (AvgIpc) is 2.49. The van der Waals surface area contributed by atoms with E-state index >= 15 is 0 Å². The number of benzene rings is 1. The predicted octanol–water partition coefficient (Wildman–Crippen LogP) is 1.26. The third-order valence-electron chi connectivity index (χ3n) is 2.99. The van der Waals surface area contributed by atoms with Crippen LogP contribution in [-0.4, -0.2) is 44.8 Å². The Morgan fingerprint density at radius 3 is 2.57 bits per heavy atom. The van der Waals surface area contributed by atoms with Crippen LogP contribution in [0.1, 0.15) is 23.7 Å². The van der Waals surface area contributed by atoms with Crippen molar-refractivity contribution in [1.82, 2.24) is 10.6 Å². The topological polar surface area (TPSA) is 92.3 Å². The minimum Gasteiger partial charge on any atom is -0.355 e. The summed E-state index contributed by atoms with van der Waals surface area (Å²) in [5.41, 5.74) is 0.138. The highest BCUT2D eigenvalue weighted by Crippen LogP contribution is 2.17. The minimum atomic E-state index is -3.12. The second kappa shape index (κ2) is 8.97. The van der Waals surface area contributed by atoms with Crippen molar-refractivity contribution in [3.63, 3.8) is 0 Å². The van der Waals surface area contributed by atoms with Crippen LogP contribution in [0.2, 0.25) is 0 Å². The van der Waals surface area contributed by atoms with Gasteiger partial charge in [0.2, 0.25) is 5.91 Å². The Morgan fingerprint density at radius 1 is 1.22 bits per heavy atom. The van der Waals surface area contributed by atoms with E-state index in [1.807, 2.05) is 0 Å². The summed E-state index contributed by atoms with van der Waals surface area (Å²) in [6.45, 7) is 1.64. The van der Waals surface area contributed by atoms with Gasteiger partial charge in [0.05, 0.1) is 11.3 Å². The summed E-state index contributed by atoms with van der Waals surface area (Å²) in [4.78, 5) is 23.4. The molecule has 0 bridgehead atoms. The van der Waals surface area contributed by atoms with E-state index in [2.05, 4.69) is 26.6 Å². The van der Waals surface area contributed by atoms with Crippen LogP contribution in [0.5, 0.6) is 0 Å². The number of hydrogen-bond donors (Lipinski definition) is 2. The molecule has 0 aliphatic carbocycles. The molecule has 0 heterocycles. The lowest BCUT2D eigenvalue weighted by atomic mass is 10.2. The van der Waals surface area contributed by atoms with Gasteiger partial charge in [-0.3, -0.25) is 9.59 Å². The summed E-state index contributed by atoms with van der Waals surface area (Å²) in [6.07, 6.45) is 0.00481. The Morgan fingerprint density at radius 2 is 1.91 bits per heavy atom. The molecule has 6 nitrogen and oxygen atoms in total. The van der Waals surface area contributed by atoms with Gasteiger partial charge in [-0.25, -0.2) is 12.8 Å². The Kier molecular flexibility index (Phi) is 7.63. The first-order valence-electron chi connectivity index (χ1n) is 6.95. The molecule has 0 aromatic heterocycles. The fourth-order valence-electron chi connectivity index (χ4n) is 1.63. The maximum atomic E-state index is 13.1. The zero-order chi connectivity index (χ0) is 17.5. The third-order valence-corrected chi connectivity index (χ3v) is 5.38. The summed E-state index contributed by atoms with van der Waals surface area (Å²) in [7, 11) is -3.12. The maximum absolute atomic E-state index is 13.1. The van der Waals surface area contributed by atoms with Crippen molar-refractivity contribution in [1.29, 1.82) is 0 Å². The number of hydrogen-bond acceptors (Lipinski definition) is 4. The number of halogens is 2. The highest BCUT2D eigenvalue weighted by Gasteiger charge is 2.12. The fraction of sp³-hybridized carbons (Fsp3) is 0.429. The van der Waals surface area contributed by atoms with E-state index in [0.717, 1.165) is 6.07 Å². The quantitative estimate of drug-likeness (QED) is 0.676. The van der Waals surface area contributed by atoms with E-state index in [1.165, 1.54) is 19.1 Å². The van der Waals surface area contributed by atoms with E-state index in [9.17, 15) is 22.4 Å². The van der Waals surface area contributed by atoms with E-state index in [1.54, 1.807) is 0 Å². The highest BCUT2D eigenvalue weighted by atomic mass is 79.9. The largest absolute Gasteiger partial charge is 0.355 e. The van der Waals surface area contributed by atoms with Gasteiger partial charge in [-0.1, -0.05) is 6.92 Å². The van der Waals surface area contributed by atoms with Crippen LogP contribution in [0.3, 0.4) is 0 Å². The Hall–Kier alpha value is -1.48. The molecule has 128 valence electrons. The van der Waals surface area contributed by atoms with Crippen LogP contribution in [0.25, 0.3) is 0 Å². The SMILES string of the molecule is CCS(=O)(=O)CCNC(=O)CCNC(=O)c1cc(F)ccc1Br. The van der Waals surface area contributed by atoms with Gasteiger partial charge in [-0.05, 0) is 34.1 Å². The lowest BCUT2D eigenvalue weighted by molar-refractivity contribution is -0.120. The van der Waals surface area contributed by atoms with Crippen molar-refractivity contribution in [3.8, 4) is 0 Å². The maximum Gasteiger partial charge on any atom is 0.252 e. The molecular weight excluding hydrogens is 391 g/mol. The molecule has 0 aliphatic rings. The van der Waals surface area contributed by atoms with Gasteiger partial charge in [-0.15, -0.1) is 0 Å². The van der Waals surface area contributed by atoms with Crippen LogP contribution < -0.4 is 10.6 Å². The van der Waals surface area contributed by atoms with Crippen LogP contribution >= 0.6 is 15.9 Å². The van der Waals surface area contributed by atoms with Gasteiger partial charge in [0.15, 0.2) is 9.84 Å². The average molecular weight is 409 g/mol. The highest BCUT2D eigenvalue weighted by molar-refractivity contribution is 9.10. The number of amides is 2. The zero-order valence-corrected chi connectivity index (χ0v) is 15.0. The summed E-state index contributed by atoms with van der Waals surface area (Å²) < 4.78 is 36.1. The number of sulfone groups is 1. The van der Waals surface area contributed by atoms with Crippen molar-refractivity contribution in [3.05, 3.63) is 34.1 Å². The molecule has 0 unspecified atom stereocenters. The molecule has 0 atom stereocenters. The van der Waals surface area contributed by atoms with Crippen LogP contribution in [0.4, 0.5) is 4.39 Å². The first-order chi connectivity index (χ1) is 10.7. The zero-order valence-electron chi connectivity index (χ0n) is 12.6. The van der Waals surface area contributed by atoms with E-state index in [4.69, 9.17) is 0 Å². The third kappa shape index (κ3) is 7.08. The molecule has 0 saturated carbocycles. The van der Waals surface area contributed by atoms with Crippen molar-refractivity contribution < 1.29 is 22.4 Å². The van der Waals surface area contributed by atoms with Crippen molar-refractivity contribution in [2.24, 2.45) is 0 Å². The van der Waals surface area contributed by atoms with Gasteiger partial charge >= 0.3 is 0 Å². The smallest absolute Gasteiger partial charge is 0.252 e. The van der Waals surface area contributed by atoms with Crippen LogP contribution in [0.15, 0.2) is 22.7 Å². The van der Waals surface area contributed by atoms with Gasteiger partial charge in [0, 0.05) is 29.7 Å². The second-order valence-electron chi connectivity index (χ2n) is 4.72. The predicted molar refractivity (Wildman–Crippen MR) is 88.4 cm³/mol. The molecule has 1 aromatic rings. The van der Waals surface area contributed by atoms with Crippen LogP contribution in [0, 0.1) is 5.82 Å². The number of carbonyl (C=O) groups excluding carboxylic acids is 2. The molecule has 1 rings (SSSR count). The van der Waals surface area contributed by atoms with Crippen molar-refractivity contribution >= 4 is 37.6 Å². The lowest BCUT2D eigenvalue weighted by Crippen LogP contribution is -2.33. The molecule has 23 heavy (non-hydrogen) atoms. The lowest BCUT2D eigenvalue weighted by Gasteiger charge is -2.08. The number of carbonyl (C=O) groups is 2. The van der Waals surface area contributed by atoms with E-state index < -0.39 is 21.6 Å². The van der Waals surface area contributed by atoms with Gasteiger partial charge in [-0.2, -0.15) is 0 Å². The molecule has 2 N–H and O–H groups in total. The molecule has 0 spiro atoms. The van der Waals surface area contributed by atoms with E-state index in [-0.39, 0.29) is 42.5 Å². The minimum absolute atomic E-state index is 0.00481. The van der Waals surface area contributed by atoms with Crippen molar-refractivity contribution in [2.45, 2.75) is 13.3 Å². The molecule has 9 heteroatoms. The molecule has 0 radical (unpaired) electrons. The second-order valence-corrected chi connectivity index (χ2v) is 8.04. The van der Waals surface area contributed by atoms with Crippen LogP contribution in [-0.2, 0) is 14.6 Å². The molecule has 0 aliphatic heterocycles. The van der Waals surface area contributed by atoms with Gasteiger partial charge in [0.1, 0.15) is 5.82 Å².